The van der Waals surface area contributed by atoms with Crippen molar-refractivity contribution in [2.75, 3.05) is 20.2 Å². The zero-order valence-corrected chi connectivity index (χ0v) is 13.1. The second-order valence-electron chi connectivity index (χ2n) is 5.39. The molecule has 1 saturated heterocycles. The molecule has 4 nitrogen and oxygen atoms in total. The third kappa shape index (κ3) is 3.91. The molecule has 0 radical (unpaired) electrons. The monoisotopic (exact) mass is 295 g/mol. The number of methoxy groups -OCH3 is 1. The topological polar surface area (TPSA) is 52.9 Å². The summed E-state index contributed by atoms with van der Waals surface area (Å²) >= 11 is 2.01. The van der Waals surface area contributed by atoms with Crippen LogP contribution >= 0.6 is 11.8 Å². The van der Waals surface area contributed by atoms with Gasteiger partial charge in [-0.1, -0.05) is 19.9 Å². The Bertz CT molecular complexity index is 448. The molecule has 110 valence electrons. The van der Waals surface area contributed by atoms with Crippen molar-refractivity contribution in [2.45, 2.75) is 30.9 Å². The number of hydrogen-bond acceptors (Lipinski definition) is 5. The standard InChI is InChI=1S/C14H22BNO3S/c1-10-7-16(8-11(2)20-10)9-12-6-13(19-3)4-5-14(12)15(17)18/h4-6,10-11,17-18H,7-9H2,1-3H3. The molecule has 2 unspecified atom stereocenters. The molecule has 20 heavy (non-hydrogen) atoms. The molecule has 0 bridgehead atoms. The molecular formula is C14H22BNO3S. The van der Waals surface area contributed by atoms with E-state index < -0.39 is 7.12 Å². The van der Waals surface area contributed by atoms with Gasteiger partial charge < -0.3 is 14.8 Å². The van der Waals surface area contributed by atoms with Crippen LogP contribution in [0.2, 0.25) is 0 Å². The first kappa shape index (κ1) is 15.7. The van der Waals surface area contributed by atoms with Crippen LogP contribution in [-0.2, 0) is 6.54 Å². The van der Waals surface area contributed by atoms with Crippen molar-refractivity contribution in [1.82, 2.24) is 4.90 Å². The highest BCUT2D eigenvalue weighted by atomic mass is 32.2. The lowest BCUT2D eigenvalue weighted by Gasteiger charge is -2.35. The van der Waals surface area contributed by atoms with E-state index in [1.54, 1.807) is 19.2 Å². The Morgan fingerprint density at radius 3 is 2.50 bits per heavy atom. The lowest BCUT2D eigenvalue weighted by Crippen LogP contribution is -2.42. The molecule has 0 amide bonds. The average Bonchev–Trinajstić information content (AvgIpc) is 2.37. The van der Waals surface area contributed by atoms with Crippen LogP contribution in [0.25, 0.3) is 0 Å². The number of hydrogen-bond donors (Lipinski definition) is 2. The highest BCUT2D eigenvalue weighted by Crippen LogP contribution is 2.26. The highest BCUT2D eigenvalue weighted by Gasteiger charge is 2.24. The van der Waals surface area contributed by atoms with E-state index in [9.17, 15) is 10.0 Å². The number of rotatable bonds is 4. The normalized spacial score (nSPS) is 23.6. The van der Waals surface area contributed by atoms with E-state index in [0.717, 1.165) is 30.9 Å². The first-order chi connectivity index (χ1) is 9.49. The summed E-state index contributed by atoms with van der Waals surface area (Å²) in [5.41, 5.74) is 1.48. The molecule has 1 fully saturated rings. The van der Waals surface area contributed by atoms with E-state index >= 15 is 0 Å². The van der Waals surface area contributed by atoms with Crippen molar-refractivity contribution in [3.05, 3.63) is 23.8 Å². The van der Waals surface area contributed by atoms with Gasteiger partial charge in [-0.25, -0.2) is 0 Å². The number of thioether (sulfide) groups is 1. The van der Waals surface area contributed by atoms with Gasteiger partial charge >= 0.3 is 7.12 Å². The maximum absolute atomic E-state index is 9.49. The van der Waals surface area contributed by atoms with Gasteiger partial charge in [0.05, 0.1) is 7.11 Å². The second kappa shape index (κ2) is 6.85. The fourth-order valence-electron chi connectivity index (χ4n) is 2.75. The Morgan fingerprint density at radius 2 is 1.95 bits per heavy atom. The second-order valence-corrected chi connectivity index (χ2v) is 7.27. The summed E-state index contributed by atoms with van der Waals surface area (Å²) in [4.78, 5) is 2.37. The average molecular weight is 295 g/mol. The minimum Gasteiger partial charge on any atom is -0.497 e. The predicted octanol–water partition coefficient (Wildman–Crippen LogP) is 0.701. The van der Waals surface area contributed by atoms with E-state index in [1.165, 1.54) is 0 Å². The zero-order valence-electron chi connectivity index (χ0n) is 12.2. The van der Waals surface area contributed by atoms with E-state index in [1.807, 2.05) is 17.8 Å². The summed E-state index contributed by atoms with van der Waals surface area (Å²) in [6.45, 7) is 7.24. The molecule has 2 atom stereocenters. The number of ether oxygens (including phenoxy) is 1. The van der Waals surface area contributed by atoms with Crippen LogP contribution in [0, 0.1) is 0 Å². The summed E-state index contributed by atoms with van der Waals surface area (Å²) in [7, 11) is 0.181. The minimum atomic E-state index is -1.44. The van der Waals surface area contributed by atoms with Gasteiger partial charge in [0.15, 0.2) is 0 Å². The molecule has 1 aliphatic heterocycles. The molecule has 0 saturated carbocycles. The third-order valence-electron chi connectivity index (χ3n) is 3.52. The van der Waals surface area contributed by atoms with Gasteiger partial charge in [-0.2, -0.15) is 11.8 Å². The van der Waals surface area contributed by atoms with E-state index in [2.05, 4.69) is 18.7 Å². The van der Waals surface area contributed by atoms with E-state index in [-0.39, 0.29) is 0 Å². The molecular weight excluding hydrogens is 273 g/mol. The Balaban J connectivity index is 2.18. The van der Waals surface area contributed by atoms with Crippen molar-refractivity contribution in [3.63, 3.8) is 0 Å². The zero-order chi connectivity index (χ0) is 14.7. The molecule has 1 heterocycles. The summed E-state index contributed by atoms with van der Waals surface area (Å²) in [5.74, 6) is 0.747. The van der Waals surface area contributed by atoms with Crippen LogP contribution in [0.15, 0.2) is 18.2 Å². The smallest absolute Gasteiger partial charge is 0.488 e. The fourth-order valence-corrected chi connectivity index (χ4v) is 4.14. The lowest BCUT2D eigenvalue weighted by atomic mass is 9.77. The summed E-state index contributed by atoms with van der Waals surface area (Å²) < 4.78 is 5.24. The van der Waals surface area contributed by atoms with Gasteiger partial charge in [0.25, 0.3) is 0 Å². The van der Waals surface area contributed by atoms with Crippen LogP contribution in [0.3, 0.4) is 0 Å². The van der Waals surface area contributed by atoms with Crippen molar-refractivity contribution in [3.8, 4) is 5.75 Å². The van der Waals surface area contributed by atoms with Crippen LogP contribution in [0.1, 0.15) is 19.4 Å². The third-order valence-corrected chi connectivity index (χ3v) is 4.74. The SMILES string of the molecule is COc1ccc(B(O)O)c(CN2CC(C)SC(C)C2)c1. The van der Waals surface area contributed by atoms with Crippen LogP contribution in [0.4, 0.5) is 0 Å². The molecule has 6 heteroatoms. The van der Waals surface area contributed by atoms with Gasteiger partial charge in [-0.05, 0) is 23.2 Å². The van der Waals surface area contributed by atoms with Crippen LogP contribution in [0.5, 0.6) is 5.75 Å². The van der Waals surface area contributed by atoms with E-state index in [4.69, 9.17) is 4.74 Å². The summed E-state index contributed by atoms with van der Waals surface area (Å²) in [6.07, 6.45) is 0. The Hall–Kier alpha value is -0.685. The summed E-state index contributed by atoms with van der Waals surface area (Å²) in [5, 5.41) is 20.2. The first-order valence-corrected chi connectivity index (χ1v) is 7.84. The minimum absolute atomic E-state index is 0.560. The van der Waals surface area contributed by atoms with Gasteiger partial charge in [0, 0.05) is 30.1 Å². The summed E-state index contributed by atoms with van der Waals surface area (Å²) in [6, 6.07) is 5.38. The molecule has 0 aliphatic carbocycles. The first-order valence-electron chi connectivity index (χ1n) is 6.90. The Labute approximate surface area is 125 Å². The highest BCUT2D eigenvalue weighted by molar-refractivity contribution is 8.00. The Morgan fingerprint density at radius 1 is 1.30 bits per heavy atom. The number of benzene rings is 1. The molecule has 2 rings (SSSR count). The molecule has 1 aliphatic rings. The number of nitrogens with zero attached hydrogens (tertiary/aromatic N) is 1. The van der Waals surface area contributed by atoms with Gasteiger partial charge in [-0.15, -0.1) is 0 Å². The molecule has 2 N–H and O–H groups in total. The van der Waals surface area contributed by atoms with Gasteiger partial charge in [0.1, 0.15) is 5.75 Å². The van der Waals surface area contributed by atoms with Crippen molar-refractivity contribution >= 4 is 24.3 Å². The van der Waals surface area contributed by atoms with Crippen molar-refractivity contribution in [2.24, 2.45) is 0 Å². The van der Waals surface area contributed by atoms with Crippen LogP contribution < -0.4 is 10.2 Å². The Kier molecular flexibility index (Phi) is 5.38. The maximum Gasteiger partial charge on any atom is 0.488 e. The largest absolute Gasteiger partial charge is 0.497 e. The van der Waals surface area contributed by atoms with Crippen molar-refractivity contribution < 1.29 is 14.8 Å². The maximum atomic E-state index is 9.49. The van der Waals surface area contributed by atoms with Crippen molar-refractivity contribution in [1.29, 1.82) is 0 Å². The van der Waals surface area contributed by atoms with Crippen LogP contribution in [-0.4, -0.2) is 52.8 Å². The predicted molar refractivity (Wildman–Crippen MR) is 84.6 cm³/mol. The quantitative estimate of drug-likeness (QED) is 0.801. The van der Waals surface area contributed by atoms with Gasteiger partial charge in [-0.3, -0.25) is 4.90 Å². The fraction of sp³-hybridized carbons (Fsp3) is 0.571. The molecule has 1 aromatic carbocycles. The lowest BCUT2D eigenvalue weighted by molar-refractivity contribution is 0.263. The van der Waals surface area contributed by atoms with Gasteiger partial charge in [0.2, 0.25) is 0 Å². The molecule has 0 aromatic heterocycles. The van der Waals surface area contributed by atoms with E-state index in [0.29, 0.717) is 16.0 Å². The molecule has 1 aromatic rings. The molecule has 0 spiro atoms.